The molecular weight excluding hydrogens is 695 g/mol. The molecule has 8 aromatic carbocycles. The highest BCUT2D eigenvalue weighted by Gasteiger charge is 2.32. The minimum absolute atomic E-state index is 0.0297. The first-order valence-electron chi connectivity index (χ1n) is 19.5. The Bertz CT molecular complexity index is 3510. The molecule has 57 heavy (non-hydrogen) atoms. The Kier molecular flexibility index (Phi) is 6.16. The molecule has 1 aliphatic rings. The van der Waals surface area contributed by atoms with Gasteiger partial charge in [0.2, 0.25) is 5.95 Å². The lowest BCUT2D eigenvalue weighted by atomic mass is 9.86. The molecule has 12 aromatic rings. The van der Waals surface area contributed by atoms with Crippen LogP contribution in [0.1, 0.15) is 22.6 Å². The maximum absolute atomic E-state index is 5.51. The van der Waals surface area contributed by atoms with E-state index in [1.807, 2.05) is 0 Å². The fraction of sp³-hybridized carbons (Fsp3) is 0.0192. The predicted octanol–water partition coefficient (Wildman–Crippen LogP) is 12.6. The first-order valence-corrected chi connectivity index (χ1v) is 19.5. The number of fused-ring (bicyclic) bond motifs is 12. The van der Waals surface area contributed by atoms with E-state index in [2.05, 4.69) is 191 Å². The molecule has 13 rings (SSSR count). The minimum atomic E-state index is 0.0297. The SMILES string of the molecule is c1ccc(C2c3ccccc3-c3ccccc32)c(-c2nc(-c3ccc4c5ccccc5n5c6ccccc6c3c45)nc(-n3c4ccccc4c4ccccc43)n2)c1. The van der Waals surface area contributed by atoms with Crippen LogP contribution in [0.3, 0.4) is 0 Å². The van der Waals surface area contributed by atoms with Gasteiger partial charge in [0.25, 0.3) is 0 Å². The van der Waals surface area contributed by atoms with Crippen molar-refractivity contribution < 1.29 is 0 Å². The number of rotatable bonds is 4. The van der Waals surface area contributed by atoms with Gasteiger partial charge in [-0.2, -0.15) is 9.97 Å². The van der Waals surface area contributed by atoms with Crippen LogP contribution < -0.4 is 0 Å². The van der Waals surface area contributed by atoms with Crippen LogP contribution in [0, 0.1) is 0 Å². The zero-order chi connectivity index (χ0) is 37.2. The molecule has 0 saturated carbocycles. The second-order valence-corrected chi connectivity index (χ2v) is 15.1. The Morgan fingerprint density at radius 1 is 0.333 bits per heavy atom. The molecule has 0 N–H and O–H groups in total. The summed E-state index contributed by atoms with van der Waals surface area (Å²) < 4.78 is 4.63. The molecule has 5 heteroatoms. The van der Waals surface area contributed by atoms with E-state index in [0.717, 1.165) is 38.3 Å². The number of benzene rings is 8. The van der Waals surface area contributed by atoms with Crippen molar-refractivity contribution in [1.82, 2.24) is 23.9 Å². The summed E-state index contributed by atoms with van der Waals surface area (Å²) in [5, 5.41) is 7.11. The van der Waals surface area contributed by atoms with Crippen molar-refractivity contribution in [1.29, 1.82) is 0 Å². The highest BCUT2D eigenvalue weighted by Crippen LogP contribution is 2.50. The molecule has 0 bridgehead atoms. The van der Waals surface area contributed by atoms with E-state index >= 15 is 0 Å². The normalized spacial score (nSPS) is 12.8. The molecule has 0 amide bonds. The van der Waals surface area contributed by atoms with Crippen LogP contribution in [0.2, 0.25) is 0 Å². The number of hydrogen-bond donors (Lipinski definition) is 0. The lowest BCUT2D eigenvalue weighted by Crippen LogP contribution is -2.08. The molecule has 0 spiro atoms. The van der Waals surface area contributed by atoms with Crippen LogP contribution in [0.25, 0.3) is 99.8 Å². The van der Waals surface area contributed by atoms with Gasteiger partial charge in [0, 0.05) is 49.4 Å². The number of nitrogens with zero attached hydrogens (tertiary/aromatic N) is 5. The van der Waals surface area contributed by atoms with Gasteiger partial charge in [-0.3, -0.25) is 4.57 Å². The van der Waals surface area contributed by atoms with Crippen LogP contribution in [-0.4, -0.2) is 23.9 Å². The van der Waals surface area contributed by atoms with Crippen molar-refractivity contribution in [2.24, 2.45) is 0 Å². The van der Waals surface area contributed by atoms with E-state index in [0.29, 0.717) is 17.6 Å². The molecular formula is C52H31N5. The lowest BCUT2D eigenvalue weighted by molar-refractivity contribution is 0.946. The van der Waals surface area contributed by atoms with Crippen LogP contribution in [0.4, 0.5) is 0 Å². The fourth-order valence-corrected chi connectivity index (χ4v) is 9.93. The summed E-state index contributed by atoms with van der Waals surface area (Å²) in [5.74, 6) is 1.91. The summed E-state index contributed by atoms with van der Waals surface area (Å²) in [4.78, 5) is 16.4. The topological polar surface area (TPSA) is 48.0 Å². The van der Waals surface area contributed by atoms with E-state index in [1.54, 1.807) is 0 Å². The first kappa shape index (κ1) is 30.7. The highest BCUT2D eigenvalue weighted by molar-refractivity contribution is 6.26. The molecule has 4 heterocycles. The van der Waals surface area contributed by atoms with Crippen molar-refractivity contribution in [3.63, 3.8) is 0 Å². The Morgan fingerprint density at radius 3 is 1.39 bits per heavy atom. The molecule has 0 fully saturated rings. The largest absolute Gasteiger partial charge is 0.308 e. The van der Waals surface area contributed by atoms with Gasteiger partial charge in [-0.1, -0.05) is 152 Å². The van der Waals surface area contributed by atoms with E-state index in [1.165, 1.54) is 60.5 Å². The van der Waals surface area contributed by atoms with Crippen LogP contribution in [-0.2, 0) is 0 Å². The van der Waals surface area contributed by atoms with Gasteiger partial charge in [-0.05, 0) is 58.1 Å². The summed E-state index contributed by atoms with van der Waals surface area (Å²) in [5.41, 5.74) is 14.0. The molecule has 1 aliphatic carbocycles. The Morgan fingerprint density at radius 2 is 0.772 bits per heavy atom. The third kappa shape index (κ3) is 4.15. The Labute approximate surface area is 327 Å². The van der Waals surface area contributed by atoms with Crippen LogP contribution in [0.15, 0.2) is 182 Å². The molecule has 4 aromatic heterocycles. The Hall–Kier alpha value is -7.63. The van der Waals surface area contributed by atoms with Crippen molar-refractivity contribution in [2.45, 2.75) is 5.92 Å². The van der Waals surface area contributed by atoms with Crippen molar-refractivity contribution in [3.8, 4) is 39.9 Å². The molecule has 0 aliphatic heterocycles. The summed E-state index contributed by atoms with van der Waals surface area (Å²) in [7, 11) is 0. The zero-order valence-corrected chi connectivity index (χ0v) is 30.6. The monoisotopic (exact) mass is 725 g/mol. The standard InChI is InChI=1S/C52H31N5/c1-3-20-36-31(15-1)32-16-2-4-21-37(32)47(36)38-22-5-6-23-40(38)50-53-51(55-52(54-50)57-44-26-12-7-17-33(44)34-18-8-13-27-45(34)57)42-30-29-39-35-19-9-11-25-43(35)56-46-28-14-10-24-41(46)48(42)49(39)56/h1-30,47H. The predicted molar refractivity (Wildman–Crippen MR) is 233 cm³/mol. The highest BCUT2D eigenvalue weighted by atomic mass is 15.2. The van der Waals surface area contributed by atoms with Gasteiger partial charge < -0.3 is 4.40 Å². The van der Waals surface area contributed by atoms with Gasteiger partial charge in [-0.25, -0.2) is 4.98 Å². The third-order valence-electron chi connectivity index (χ3n) is 12.2. The average molecular weight is 726 g/mol. The van der Waals surface area contributed by atoms with E-state index in [-0.39, 0.29) is 5.92 Å². The molecule has 0 radical (unpaired) electrons. The second-order valence-electron chi connectivity index (χ2n) is 15.1. The summed E-state index contributed by atoms with van der Waals surface area (Å²) >= 11 is 0. The van der Waals surface area contributed by atoms with Crippen molar-refractivity contribution in [2.75, 3.05) is 0 Å². The number of aromatic nitrogens is 5. The average Bonchev–Trinajstić information content (AvgIpc) is 4.01. The molecule has 264 valence electrons. The zero-order valence-electron chi connectivity index (χ0n) is 30.6. The smallest absolute Gasteiger partial charge is 0.238 e. The van der Waals surface area contributed by atoms with Gasteiger partial charge >= 0.3 is 0 Å². The van der Waals surface area contributed by atoms with Crippen molar-refractivity contribution >= 4 is 59.9 Å². The second kappa shape index (κ2) is 11.4. The third-order valence-corrected chi connectivity index (χ3v) is 12.2. The molecule has 0 unspecified atom stereocenters. The van der Waals surface area contributed by atoms with E-state index < -0.39 is 0 Å². The number of para-hydroxylation sites is 4. The molecule has 5 nitrogen and oxygen atoms in total. The maximum atomic E-state index is 5.51. The minimum Gasteiger partial charge on any atom is -0.308 e. The van der Waals surface area contributed by atoms with Gasteiger partial charge in [0.15, 0.2) is 11.6 Å². The van der Waals surface area contributed by atoms with Crippen molar-refractivity contribution in [3.05, 3.63) is 199 Å². The van der Waals surface area contributed by atoms with E-state index in [9.17, 15) is 0 Å². The molecule has 0 saturated heterocycles. The Balaban J connectivity index is 1.14. The first-order chi connectivity index (χ1) is 28.3. The van der Waals surface area contributed by atoms with Gasteiger partial charge in [0.1, 0.15) is 0 Å². The summed E-state index contributed by atoms with van der Waals surface area (Å²) in [6.45, 7) is 0. The summed E-state index contributed by atoms with van der Waals surface area (Å²) in [6.07, 6.45) is 0. The van der Waals surface area contributed by atoms with E-state index in [4.69, 9.17) is 15.0 Å². The quantitative estimate of drug-likeness (QED) is 0.181. The maximum Gasteiger partial charge on any atom is 0.238 e. The molecule has 0 atom stereocenters. The lowest BCUT2D eigenvalue weighted by Gasteiger charge is -2.19. The van der Waals surface area contributed by atoms with Crippen LogP contribution >= 0.6 is 0 Å². The number of hydrogen-bond acceptors (Lipinski definition) is 3. The van der Waals surface area contributed by atoms with Crippen LogP contribution in [0.5, 0.6) is 0 Å². The van der Waals surface area contributed by atoms with Gasteiger partial charge in [-0.15, -0.1) is 0 Å². The summed E-state index contributed by atoms with van der Waals surface area (Å²) in [6, 6.07) is 65.3. The van der Waals surface area contributed by atoms with Gasteiger partial charge in [0.05, 0.1) is 27.6 Å². The fourth-order valence-electron chi connectivity index (χ4n) is 9.93.